The molecule has 21 heavy (non-hydrogen) atoms. The summed E-state index contributed by atoms with van der Waals surface area (Å²) in [6.07, 6.45) is 4.86. The van der Waals surface area contributed by atoms with Crippen molar-refractivity contribution in [3.8, 4) is 0 Å². The summed E-state index contributed by atoms with van der Waals surface area (Å²) in [5.74, 6) is 0.397. The van der Waals surface area contributed by atoms with E-state index in [0.717, 1.165) is 6.42 Å². The predicted octanol–water partition coefficient (Wildman–Crippen LogP) is 1.00. The van der Waals surface area contributed by atoms with Gasteiger partial charge in [-0.25, -0.2) is 4.68 Å². The number of ether oxygens (including phenoxy) is 2. The molecule has 7 heteroatoms. The number of carbonyl (C=O) groups excluding carboxylic acids is 2. The summed E-state index contributed by atoms with van der Waals surface area (Å²) in [5, 5.41) is 7.41. The van der Waals surface area contributed by atoms with Crippen LogP contribution in [-0.2, 0) is 20.8 Å². The van der Waals surface area contributed by atoms with Crippen molar-refractivity contribution in [2.45, 2.75) is 39.2 Å². The molecule has 0 aromatic carbocycles. The minimum absolute atomic E-state index is 0.151. The number of hydrogen-bond donors (Lipinski definition) is 0. The number of aldehydes is 1. The van der Waals surface area contributed by atoms with Gasteiger partial charge in [-0.2, -0.15) is 0 Å². The molecule has 2 atom stereocenters. The maximum atomic E-state index is 11.8. The lowest BCUT2D eigenvalue weighted by atomic mass is 10.1. The number of nitrogens with zero attached hydrogens (tertiary/aromatic N) is 3. The molecule has 1 aromatic rings. The molecule has 114 valence electrons. The summed E-state index contributed by atoms with van der Waals surface area (Å²) in [4.78, 5) is 22.4. The van der Waals surface area contributed by atoms with E-state index in [-0.39, 0.29) is 18.0 Å². The van der Waals surface area contributed by atoms with Crippen LogP contribution >= 0.6 is 0 Å². The molecule has 0 aliphatic carbocycles. The number of hydrogen-bond acceptors (Lipinski definition) is 6. The van der Waals surface area contributed by atoms with E-state index in [4.69, 9.17) is 9.47 Å². The van der Waals surface area contributed by atoms with E-state index in [1.807, 2.05) is 0 Å². The van der Waals surface area contributed by atoms with Crippen LogP contribution in [0, 0.1) is 5.92 Å². The average molecular weight is 293 g/mol. The van der Waals surface area contributed by atoms with Crippen LogP contribution < -0.4 is 0 Å². The summed E-state index contributed by atoms with van der Waals surface area (Å²) in [6, 6.07) is 0. The van der Waals surface area contributed by atoms with E-state index in [9.17, 15) is 9.59 Å². The lowest BCUT2D eigenvalue weighted by molar-refractivity contribution is -0.166. The van der Waals surface area contributed by atoms with Crippen LogP contribution in [0.25, 0.3) is 0 Å². The molecule has 2 heterocycles. The van der Waals surface area contributed by atoms with E-state index in [1.54, 1.807) is 6.08 Å². The smallest absolute Gasteiger partial charge is 0.186 e. The fraction of sp³-hybridized carbons (Fsp3) is 0.571. The molecule has 2 rings (SSSR count). The van der Waals surface area contributed by atoms with Crippen molar-refractivity contribution >= 4 is 12.1 Å². The Kier molecular flexibility index (Phi) is 5.35. The second-order valence-electron chi connectivity index (χ2n) is 5.29. The van der Waals surface area contributed by atoms with Gasteiger partial charge in [-0.05, 0) is 24.5 Å². The summed E-state index contributed by atoms with van der Waals surface area (Å²) in [6.45, 7) is 5.01. The van der Waals surface area contributed by atoms with Crippen LogP contribution in [0.4, 0.5) is 0 Å². The van der Waals surface area contributed by atoms with Crippen molar-refractivity contribution in [3.63, 3.8) is 0 Å². The lowest BCUT2D eigenvalue weighted by Crippen LogP contribution is -2.36. The molecule has 0 fully saturated rings. The van der Waals surface area contributed by atoms with Gasteiger partial charge < -0.3 is 9.47 Å². The maximum Gasteiger partial charge on any atom is 0.186 e. The Morgan fingerprint density at radius 3 is 3.00 bits per heavy atom. The van der Waals surface area contributed by atoms with E-state index >= 15 is 0 Å². The first-order valence-corrected chi connectivity index (χ1v) is 6.93. The number of ketones is 1. The molecule has 0 unspecified atom stereocenters. The molecule has 0 saturated heterocycles. The van der Waals surface area contributed by atoms with Gasteiger partial charge in [0.2, 0.25) is 0 Å². The Labute approximate surface area is 122 Å². The fourth-order valence-electron chi connectivity index (χ4n) is 1.83. The highest BCUT2D eigenvalue weighted by Gasteiger charge is 2.26. The summed E-state index contributed by atoms with van der Waals surface area (Å²) in [7, 11) is 0. The van der Waals surface area contributed by atoms with Gasteiger partial charge >= 0.3 is 0 Å². The van der Waals surface area contributed by atoms with Crippen LogP contribution in [0.3, 0.4) is 0 Å². The molecule has 0 spiro atoms. The van der Waals surface area contributed by atoms with Crippen LogP contribution in [0.15, 0.2) is 18.3 Å². The van der Waals surface area contributed by atoms with Gasteiger partial charge in [-0.3, -0.25) is 9.59 Å². The van der Waals surface area contributed by atoms with Gasteiger partial charge in [0.15, 0.2) is 18.4 Å². The molecule has 7 nitrogen and oxygen atoms in total. The summed E-state index contributed by atoms with van der Waals surface area (Å²) in [5.41, 5.74) is 0.221. The van der Waals surface area contributed by atoms with Crippen LogP contribution in [0.5, 0.6) is 0 Å². The van der Waals surface area contributed by atoms with Crippen molar-refractivity contribution in [2.24, 2.45) is 5.92 Å². The van der Waals surface area contributed by atoms with Crippen LogP contribution in [0.1, 0.15) is 30.8 Å². The van der Waals surface area contributed by atoms with Crippen LogP contribution in [0.2, 0.25) is 0 Å². The van der Waals surface area contributed by atoms with Gasteiger partial charge in [0.05, 0.1) is 19.3 Å². The third-order valence-electron chi connectivity index (χ3n) is 3.04. The first kappa shape index (κ1) is 15.5. The molecule has 0 bridgehead atoms. The van der Waals surface area contributed by atoms with E-state index in [1.165, 1.54) is 17.0 Å². The molecule has 0 saturated carbocycles. The van der Waals surface area contributed by atoms with Crippen LogP contribution in [-0.4, -0.2) is 46.1 Å². The number of aromatic nitrogens is 3. The standard InChI is InChI=1S/C14H19N3O4/c1-10(2)5-6-20-14-4-3-12(19)13(21-14)8-17-7-11(9-18)15-16-17/h3-4,7,9-10,13-14H,5-6,8H2,1-2H3/t13-,14+/m1/s1. The topological polar surface area (TPSA) is 83.3 Å². The Balaban J connectivity index is 1.89. The highest BCUT2D eigenvalue weighted by molar-refractivity contribution is 5.94. The molecule has 0 N–H and O–H groups in total. The summed E-state index contributed by atoms with van der Waals surface area (Å²) >= 11 is 0. The Morgan fingerprint density at radius 1 is 1.52 bits per heavy atom. The van der Waals surface area contributed by atoms with E-state index in [2.05, 4.69) is 24.2 Å². The quantitative estimate of drug-likeness (QED) is 0.697. The van der Waals surface area contributed by atoms with Crippen molar-refractivity contribution in [1.82, 2.24) is 15.0 Å². The van der Waals surface area contributed by atoms with Gasteiger partial charge in [0.25, 0.3) is 0 Å². The Hall–Kier alpha value is -1.86. The maximum absolute atomic E-state index is 11.8. The monoisotopic (exact) mass is 293 g/mol. The third kappa shape index (κ3) is 4.57. The first-order valence-electron chi connectivity index (χ1n) is 6.93. The van der Waals surface area contributed by atoms with Crippen molar-refractivity contribution in [2.75, 3.05) is 6.61 Å². The highest BCUT2D eigenvalue weighted by Crippen LogP contribution is 2.13. The van der Waals surface area contributed by atoms with Crippen molar-refractivity contribution < 1.29 is 19.1 Å². The zero-order valence-corrected chi connectivity index (χ0v) is 12.1. The molecule has 0 radical (unpaired) electrons. The normalized spacial score (nSPS) is 22.0. The predicted molar refractivity (Wildman–Crippen MR) is 73.6 cm³/mol. The van der Waals surface area contributed by atoms with Crippen molar-refractivity contribution in [1.29, 1.82) is 0 Å². The molecule has 1 aromatic heterocycles. The highest BCUT2D eigenvalue weighted by atomic mass is 16.7. The zero-order chi connectivity index (χ0) is 15.2. The second-order valence-corrected chi connectivity index (χ2v) is 5.29. The third-order valence-corrected chi connectivity index (χ3v) is 3.04. The second kappa shape index (κ2) is 7.24. The molecule has 1 aliphatic heterocycles. The Bertz CT molecular complexity index is 524. The lowest BCUT2D eigenvalue weighted by Gasteiger charge is -2.25. The molecule has 1 aliphatic rings. The Morgan fingerprint density at radius 2 is 2.33 bits per heavy atom. The van der Waals surface area contributed by atoms with Gasteiger partial charge in [0, 0.05) is 0 Å². The van der Waals surface area contributed by atoms with E-state index < -0.39 is 12.4 Å². The molecular formula is C14H19N3O4. The first-order chi connectivity index (χ1) is 10.1. The number of rotatable bonds is 7. The largest absolute Gasteiger partial charge is 0.349 e. The SMILES string of the molecule is CC(C)CCO[C@@H]1C=CC(=O)[C@@H](Cn2cc(C=O)nn2)O1. The van der Waals surface area contributed by atoms with Gasteiger partial charge in [-0.1, -0.05) is 19.1 Å². The fourth-order valence-corrected chi connectivity index (χ4v) is 1.83. The minimum atomic E-state index is -0.680. The van der Waals surface area contributed by atoms with Gasteiger partial charge in [0.1, 0.15) is 11.8 Å². The number of carbonyl (C=O) groups is 2. The minimum Gasteiger partial charge on any atom is -0.349 e. The molecule has 0 amide bonds. The summed E-state index contributed by atoms with van der Waals surface area (Å²) < 4.78 is 12.6. The average Bonchev–Trinajstić information content (AvgIpc) is 2.90. The zero-order valence-electron chi connectivity index (χ0n) is 12.1. The molecular weight excluding hydrogens is 274 g/mol. The van der Waals surface area contributed by atoms with E-state index in [0.29, 0.717) is 18.8 Å². The van der Waals surface area contributed by atoms with Gasteiger partial charge in [-0.15, -0.1) is 5.10 Å². The van der Waals surface area contributed by atoms with Crippen molar-refractivity contribution in [3.05, 3.63) is 24.0 Å².